The van der Waals surface area contributed by atoms with Crippen molar-refractivity contribution >= 4 is 50.5 Å². The fraction of sp³-hybridized carbons (Fsp3) is 0.0500. The molecule has 0 atom stereocenters. The number of carbonyl (C=O) groups is 1. The molecule has 11 heteroatoms. The molecule has 3 rings (SSSR count). The summed E-state index contributed by atoms with van der Waals surface area (Å²) in [6, 6.07) is 13.3. The minimum absolute atomic E-state index is 0.0517. The summed E-state index contributed by atoms with van der Waals surface area (Å²) in [5.41, 5.74) is -0.961. The summed E-state index contributed by atoms with van der Waals surface area (Å²) < 4.78 is 66.3. The van der Waals surface area contributed by atoms with Crippen molar-refractivity contribution < 1.29 is 26.4 Å². The van der Waals surface area contributed by atoms with Gasteiger partial charge in [-0.3, -0.25) is 9.52 Å². The Labute approximate surface area is 185 Å². The third kappa shape index (κ3) is 5.49. The van der Waals surface area contributed by atoms with E-state index in [1.807, 2.05) is 0 Å². The van der Waals surface area contributed by atoms with E-state index in [1.165, 1.54) is 42.5 Å². The molecule has 5 nitrogen and oxygen atoms in total. The zero-order chi connectivity index (χ0) is 22.8. The van der Waals surface area contributed by atoms with Gasteiger partial charge in [0.25, 0.3) is 15.9 Å². The number of amides is 1. The van der Waals surface area contributed by atoms with Gasteiger partial charge < -0.3 is 5.32 Å². The molecule has 0 fully saturated rings. The highest BCUT2D eigenvalue weighted by atomic mass is 35.5. The number of benzene rings is 3. The van der Waals surface area contributed by atoms with E-state index < -0.39 is 32.6 Å². The van der Waals surface area contributed by atoms with Crippen molar-refractivity contribution in [2.45, 2.75) is 11.1 Å². The first-order valence-electron chi connectivity index (χ1n) is 8.53. The van der Waals surface area contributed by atoms with Gasteiger partial charge in [-0.1, -0.05) is 41.4 Å². The lowest BCUT2D eigenvalue weighted by molar-refractivity contribution is -0.137. The highest BCUT2D eigenvalue weighted by molar-refractivity contribution is 7.92. The molecule has 2 N–H and O–H groups in total. The van der Waals surface area contributed by atoms with Gasteiger partial charge in [0.15, 0.2) is 0 Å². The molecule has 0 aliphatic carbocycles. The monoisotopic (exact) mass is 488 g/mol. The van der Waals surface area contributed by atoms with Crippen LogP contribution < -0.4 is 10.0 Å². The number of alkyl halides is 3. The van der Waals surface area contributed by atoms with Crippen molar-refractivity contribution in [1.82, 2.24) is 0 Å². The zero-order valence-corrected chi connectivity index (χ0v) is 17.7. The fourth-order valence-electron chi connectivity index (χ4n) is 2.59. The van der Waals surface area contributed by atoms with Crippen LogP contribution in [0.1, 0.15) is 15.9 Å². The fourth-order valence-corrected chi connectivity index (χ4v) is 4.01. The minimum Gasteiger partial charge on any atom is -0.322 e. The van der Waals surface area contributed by atoms with E-state index in [0.717, 1.165) is 18.2 Å². The Hall–Kier alpha value is -2.75. The van der Waals surface area contributed by atoms with Crippen molar-refractivity contribution in [2.75, 3.05) is 10.0 Å². The molecule has 0 aliphatic heterocycles. The normalized spacial score (nSPS) is 11.8. The lowest BCUT2D eigenvalue weighted by Crippen LogP contribution is -2.19. The zero-order valence-electron chi connectivity index (χ0n) is 15.4. The first kappa shape index (κ1) is 22.9. The first-order valence-corrected chi connectivity index (χ1v) is 10.8. The Bertz CT molecular complexity index is 1250. The Kier molecular flexibility index (Phi) is 6.49. The van der Waals surface area contributed by atoms with E-state index in [0.29, 0.717) is 11.8 Å². The number of hydrogen-bond acceptors (Lipinski definition) is 3. The molecule has 0 saturated carbocycles. The summed E-state index contributed by atoms with van der Waals surface area (Å²) in [5.74, 6) is -0.666. The summed E-state index contributed by atoms with van der Waals surface area (Å²) in [5, 5.41) is 3.05. The Morgan fingerprint density at radius 2 is 1.58 bits per heavy atom. The predicted octanol–water partition coefficient (Wildman–Crippen LogP) is 6.07. The maximum absolute atomic E-state index is 12.9. The number of anilines is 2. The molecule has 0 aromatic heterocycles. The van der Waals surface area contributed by atoms with Crippen LogP contribution in [0.4, 0.5) is 24.5 Å². The highest BCUT2D eigenvalue weighted by Crippen LogP contribution is 2.31. The lowest BCUT2D eigenvalue weighted by atomic mass is 10.1. The Balaban J connectivity index is 1.89. The molecule has 0 unspecified atom stereocenters. The maximum atomic E-state index is 12.9. The second-order valence-electron chi connectivity index (χ2n) is 6.26. The number of carbonyl (C=O) groups excluding carboxylic acids is 1. The van der Waals surface area contributed by atoms with Gasteiger partial charge in [0.1, 0.15) is 0 Å². The molecule has 0 heterocycles. The van der Waals surface area contributed by atoms with Crippen LogP contribution >= 0.6 is 23.2 Å². The molecule has 1 amide bonds. The minimum atomic E-state index is -4.71. The molecule has 31 heavy (non-hydrogen) atoms. The average molecular weight is 489 g/mol. The van der Waals surface area contributed by atoms with Gasteiger partial charge >= 0.3 is 6.18 Å². The molecule has 3 aromatic rings. The van der Waals surface area contributed by atoms with Gasteiger partial charge in [-0.2, -0.15) is 13.2 Å². The van der Waals surface area contributed by atoms with E-state index >= 15 is 0 Å². The Morgan fingerprint density at radius 1 is 0.871 bits per heavy atom. The van der Waals surface area contributed by atoms with Gasteiger partial charge in [0.2, 0.25) is 0 Å². The number of rotatable bonds is 5. The van der Waals surface area contributed by atoms with Gasteiger partial charge in [-0.25, -0.2) is 8.42 Å². The summed E-state index contributed by atoms with van der Waals surface area (Å²) in [6.07, 6.45) is -4.71. The lowest BCUT2D eigenvalue weighted by Gasteiger charge is -2.14. The quantitative estimate of drug-likeness (QED) is 0.457. The van der Waals surface area contributed by atoms with Gasteiger partial charge in [0, 0.05) is 5.69 Å². The average Bonchev–Trinajstić information content (AvgIpc) is 2.70. The van der Waals surface area contributed by atoms with Crippen LogP contribution in [0, 0.1) is 0 Å². The smallest absolute Gasteiger partial charge is 0.322 e. The van der Waals surface area contributed by atoms with E-state index in [9.17, 15) is 26.4 Å². The van der Waals surface area contributed by atoms with Crippen LogP contribution in [0.5, 0.6) is 0 Å². The van der Waals surface area contributed by atoms with Gasteiger partial charge in [0.05, 0.1) is 31.8 Å². The Morgan fingerprint density at radius 3 is 2.26 bits per heavy atom. The molecule has 0 saturated heterocycles. The SMILES string of the molecule is O=C(Nc1ccc(Cl)c(Cl)c1)c1ccccc1NS(=O)(=O)c1cccc(C(F)(F)F)c1. The molecule has 0 spiro atoms. The first-order chi connectivity index (χ1) is 14.5. The van der Waals surface area contributed by atoms with Crippen molar-refractivity contribution in [2.24, 2.45) is 0 Å². The van der Waals surface area contributed by atoms with Crippen molar-refractivity contribution in [3.8, 4) is 0 Å². The standard InChI is InChI=1S/C20H13Cl2F3N2O3S/c21-16-9-8-13(11-17(16)22)26-19(28)15-6-1-2-7-18(15)27-31(29,30)14-5-3-4-12(10-14)20(23,24)25/h1-11,27H,(H,26,28). The van der Waals surface area contributed by atoms with Crippen LogP contribution in [0.3, 0.4) is 0 Å². The third-order valence-electron chi connectivity index (χ3n) is 4.07. The summed E-state index contributed by atoms with van der Waals surface area (Å²) in [7, 11) is -4.41. The molecule has 3 aromatic carbocycles. The second-order valence-corrected chi connectivity index (χ2v) is 8.76. The van der Waals surface area contributed by atoms with E-state index in [2.05, 4.69) is 10.0 Å². The van der Waals surface area contributed by atoms with Gasteiger partial charge in [-0.05, 0) is 48.5 Å². The molecule has 162 valence electrons. The second kappa shape index (κ2) is 8.78. The van der Waals surface area contributed by atoms with E-state index in [-0.39, 0.29) is 21.3 Å². The summed E-state index contributed by atoms with van der Waals surface area (Å²) in [6.45, 7) is 0. The largest absolute Gasteiger partial charge is 0.416 e. The van der Waals surface area contributed by atoms with Crippen molar-refractivity contribution in [1.29, 1.82) is 0 Å². The summed E-state index contributed by atoms with van der Waals surface area (Å²) in [4.78, 5) is 12.1. The van der Waals surface area contributed by atoms with E-state index in [4.69, 9.17) is 23.2 Å². The van der Waals surface area contributed by atoms with E-state index in [1.54, 1.807) is 0 Å². The van der Waals surface area contributed by atoms with Crippen LogP contribution in [0.2, 0.25) is 10.0 Å². The van der Waals surface area contributed by atoms with Gasteiger partial charge in [-0.15, -0.1) is 0 Å². The van der Waals surface area contributed by atoms with Crippen molar-refractivity contribution in [3.63, 3.8) is 0 Å². The molecule has 0 bridgehead atoms. The van der Waals surface area contributed by atoms with Crippen LogP contribution in [0.25, 0.3) is 0 Å². The topological polar surface area (TPSA) is 75.3 Å². The number of hydrogen-bond donors (Lipinski definition) is 2. The third-order valence-corrected chi connectivity index (χ3v) is 6.17. The van der Waals surface area contributed by atoms with Crippen LogP contribution in [0.15, 0.2) is 71.6 Å². The van der Waals surface area contributed by atoms with Crippen LogP contribution in [-0.2, 0) is 16.2 Å². The highest BCUT2D eigenvalue weighted by Gasteiger charge is 2.31. The number of nitrogens with one attached hydrogen (secondary N) is 2. The number of sulfonamides is 1. The maximum Gasteiger partial charge on any atom is 0.416 e. The predicted molar refractivity (Wildman–Crippen MR) is 113 cm³/mol. The molecule has 0 radical (unpaired) electrons. The summed E-state index contributed by atoms with van der Waals surface area (Å²) >= 11 is 11.8. The number of halogens is 5. The molecular formula is C20H13Cl2F3N2O3S. The number of para-hydroxylation sites is 1. The molecule has 0 aliphatic rings. The van der Waals surface area contributed by atoms with Crippen molar-refractivity contribution in [3.05, 3.63) is 87.9 Å². The molecular weight excluding hydrogens is 476 g/mol. The van der Waals surface area contributed by atoms with Crippen LogP contribution in [-0.4, -0.2) is 14.3 Å².